The minimum Gasteiger partial charge on any atom is -0.377 e. The van der Waals surface area contributed by atoms with E-state index in [0.717, 1.165) is 17.8 Å². The molecule has 0 radical (unpaired) electrons. The molecule has 3 rings (SSSR count). The molecule has 1 amide bonds. The molecule has 1 aliphatic rings. The molecule has 8 nitrogen and oxygen atoms in total. The van der Waals surface area contributed by atoms with E-state index >= 15 is 0 Å². The molecule has 28 heavy (non-hydrogen) atoms. The van der Waals surface area contributed by atoms with Gasteiger partial charge in [-0.3, -0.25) is 10.1 Å². The third kappa shape index (κ3) is 5.15. The minimum absolute atomic E-state index is 0.0129. The largest absolute Gasteiger partial charge is 0.377 e. The summed E-state index contributed by atoms with van der Waals surface area (Å²) < 4.78 is 33.6. The molecular weight excluding hydrogens is 468 g/mol. The zero-order valence-electron chi connectivity index (χ0n) is 15.4. The summed E-state index contributed by atoms with van der Waals surface area (Å²) >= 11 is 4.59. The average Bonchev–Trinajstić information content (AvgIpc) is 3.32. The van der Waals surface area contributed by atoms with Gasteiger partial charge in [-0.05, 0) is 47.0 Å². The van der Waals surface area contributed by atoms with Crippen molar-refractivity contribution < 1.29 is 17.9 Å². The smallest absolute Gasteiger partial charge is 0.258 e. The Balaban J connectivity index is 1.74. The highest BCUT2D eigenvalue weighted by Gasteiger charge is 2.22. The number of ether oxygens (including phenoxy) is 1. The highest BCUT2D eigenvalue weighted by Crippen LogP contribution is 2.25. The zero-order chi connectivity index (χ0) is 20.3. The van der Waals surface area contributed by atoms with Crippen molar-refractivity contribution >= 4 is 48.3 Å². The van der Waals surface area contributed by atoms with Crippen LogP contribution in [-0.2, 0) is 14.8 Å². The van der Waals surface area contributed by atoms with Crippen molar-refractivity contribution in [1.82, 2.24) is 14.9 Å². The van der Waals surface area contributed by atoms with E-state index in [4.69, 9.17) is 4.74 Å². The third-order valence-corrected chi connectivity index (χ3v) is 7.42. The maximum absolute atomic E-state index is 12.6. The fourth-order valence-electron chi connectivity index (χ4n) is 2.62. The van der Waals surface area contributed by atoms with Gasteiger partial charge in [0, 0.05) is 23.5 Å². The Bertz CT molecular complexity index is 956. The van der Waals surface area contributed by atoms with Crippen LogP contribution >= 0.6 is 27.3 Å². The molecule has 1 aromatic heterocycles. The molecule has 0 saturated carbocycles. The Kier molecular flexibility index (Phi) is 6.81. The van der Waals surface area contributed by atoms with E-state index in [2.05, 4.69) is 36.2 Å². The molecular formula is C17H21BrN4O4S2. The predicted octanol–water partition coefficient (Wildman–Crippen LogP) is 3.13. The first-order valence-corrected chi connectivity index (χ1v) is 11.9. The van der Waals surface area contributed by atoms with E-state index in [1.807, 2.05) is 13.8 Å². The van der Waals surface area contributed by atoms with Gasteiger partial charge in [-0.2, -0.15) is 0 Å². The number of rotatable bonds is 7. The number of nitrogens with one attached hydrogen (secondary N) is 2. The molecule has 11 heteroatoms. The quantitative estimate of drug-likeness (QED) is 0.619. The van der Waals surface area contributed by atoms with Crippen LogP contribution in [0.2, 0.25) is 0 Å². The SMILES string of the molecule is CC(C)c1nnc(NC(=O)c2cc(S(=O)(=O)NCC3CCCO3)ccc2Br)s1. The number of sulfonamides is 1. The van der Waals surface area contributed by atoms with Gasteiger partial charge in [0.1, 0.15) is 5.01 Å². The summed E-state index contributed by atoms with van der Waals surface area (Å²) in [4.78, 5) is 12.6. The molecule has 0 spiro atoms. The Labute approximate surface area is 176 Å². The van der Waals surface area contributed by atoms with E-state index < -0.39 is 15.9 Å². The Morgan fingerprint density at radius 1 is 1.39 bits per heavy atom. The predicted molar refractivity (Wildman–Crippen MR) is 110 cm³/mol. The topological polar surface area (TPSA) is 110 Å². The fraction of sp³-hybridized carbons (Fsp3) is 0.471. The lowest BCUT2D eigenvalue weighted by molar-refractivity contribution is 0.102. The van der Waals surface area contributed by atoms with Crippen LogP contribution in [0.1, 0.15) is 48.0 Å². The summed E-state index contributed by atoms with van der Waals surface area (Å²) in [6.45, 7) is 4.84. The summed E-state index contributed by atoms with van der Waals surface area (Å²) in [5, 5.41) is 11.8. The lowest BCUT2D eigenvalue weighted by Gasteiger charge is -2.12. The summed E-state index contributed by atoms with van der Waals surface area (Å²) in [6.07, 6.45) is 1.65. The van der Waals surface area contributed by atoms with Crippen LogP contribution in [0.3, 0.4) is 0 Å². The van der Waals surface area contributed by atoms with Crippen LogP contribution in [0.15, 0.2) is 27.6 Å². The normalized spacial score (nSPS) is 17.2. The number of halogens is 1. The number of hydrogen-bond acceptors (Lipinski definition) is 7. The molecule has 152 valence electrons. The monoisotopic (exact) mass is 488 g/mol. The number of anilines is 1. The van der Waals surface area contributed by atoms with Crippen molar-refractivity contribution in [3.63, 3.8) is 0 Å². The second kappa shape index (κ2) is 8.95. The van der Waals surface area contributed by atoms with Crippen LogP contribution in [0.5, 0.6) is 0 Å². The summed E-state index contributed by atoms with van der Waals surface area (Å²) in [6, 6.07) is 4.32. The van der Waals surface area contributed by atoms with Gasteiger partial charge in [-0.15, -0.1) is 10.2 Å². The van der Waals surface area contributed by atoms with Crippen molar-refractivity contribution in [3.8, 4) is 0 Å². The summed E-state index contributed by atoms with van der Waals surface area (Å²) in [5.74, 6) is -0.257. The molecule has 1 fully saturated rings. The molecule has 0 bridgehead atoms. The van der Waals surface area contributed by atoms with Gasteiger partial charge in [0.05, 0.1) is 16.6 Å². The Hall–Kier alpha value is -1.40. The highest BCUT2D eigenvalue weighted by atomic mass is 79.9. The van der Waals surface area contributed by atoms with E-state index in [1.165, 1.54) is 29.5 Å². The van der Waals surface area contributed by atoms with Crippen molar-refractivity contribution in [2.75, 3.05) is 18.5 Å². The van der Waals surface area contributed by atoms with Gasteiger partial charge in [-0.1, -0.05) is 25.2 Å². The molecule has 0 aliphatic carbocycles. The molecule has 1 unspecified atom stereocenters. The molecule has 1 aliphatic heterocycles. The second-order valence-electron chi connectivity index (χ2n) is 6.68. The third-order valence-electron chi connectivity index (χ3n) is 4.17. The van der Waals surface area contributed by atoms with E-state index in [9.17, 15) is 13.2 Å². The number of amides is 1. The molecule has 2 heterocycles. The van der Waals surface area contributed by atoms with Crippen LogP contribution < -0.4 is 10.0 Å². The maximum Gasteiger partial charge on any atom is 0.258 e. The number of hydrogen-bond donors (Lipinski definition) is 2. The van der Waals surface area contributed by atoms with Crippen LogP contribution in [0, 0.1) is 0 Å². The number of aromatic nitrogens is 2. The number of benzene rings is 1. The molecule has 2 N–H and O–H groups in total. The molecule has 1 atom stereocenters. The fourth-order valence-corrected chi connectivity index (χ4v) is 4.88. The lowest BCUT2D eigenvalue weighted by atomic mass is 10.2. The maximum atomic E-state index is 12.6. The van der Waals surface area contributed by atoms with Gasteiger partial charge in [0.15, 0.2) is 0 Å². The van der Waals surface area contributed by atoms with Crippen LogP contribution in [0.4, 0.5) is 5.13 Å². The average molecular weight is 489 g/mol. The van der Waals surface area contributed by atoms with Gasteiger partial charge in [-0.25, -0.2) is 13.1 Å². The molecule has 2 aromatic rings. The van der Waals surface area contributed by atoms with Gasteiger partial charge in [0.2, 0.25) is 15.2 Å². The lowest BCUT2D eigenvalue weighted by Crippen LogP contribution is -2.32. The first-order chi connectivity index (χ1) is 13.3. The molecule has 1 saturated heterocycles. The number of carbonyl (C=O) groups is 1. The summed E-state index contributed by atoms with van der Waals surface area (Å²) in [7, 11) is -3.76. The summed E-state index contributed by atoms with van der Waals surface area (Å²) in [5.41, 5.74) is 0.196. The van der Waals surface area contributed by atoms with Crippen molar-refractivity contribution in [3.05, 3.63) is 33.2 Å². The van der Waals surface area contributed by atoms with E-state index in [0.29, 0.717) is 16.2 Å². The standard InChI is InChI=1S/C17H21BrN4O4S2/c1-10(2)16-21-22-17(27-16)20-15(23)13-8-12(5-6-14(13)18)28(24,25)19-9-11-4-3-7-26-11/h5-6,8,10-11,19H,3-4,7,9H2,1-2H3,(H,20,22,23). The van der Waals surface area contributed by atoms with E-state index in [-0.39, 0.29) is 29.0 Å². The Morgan fingerprint density at radius 2 is 2.18 bits per heavy atom. The second-order valence-corrected chi connectivity index (χ2v) is 10.3. The molecule has 1 aromatic carbocycles. The first-order valence-electron chi connectivity index (χ1n) is 8.82. The van der Waals surface area contributed by atoms with E-state index in [1.54, 1.807) is 0 Å². The van der Waals surface area contributed by atoms with Crippen LogP contribution in [-0.4, -0.2) is 43.8 Å². The van der Waals surface area contributed by atoms with Gasteiger partial charge < -0.3 is 4.74 Å². The van der Waals surface area contributed by atoms with Crippen molar-refractivity contribution in [2.24, 2.45) is 0 Å². The number of carbonyl (C=O) groups excluding carboxylic acids is 1. The van der Waals surface area contributed by atoms with Crippen molar-refractivity contribution in [2.45, 2.75) is 43.6 Å². The number of nitrogens with zero attached hydrogens (tertiary/aromatic N) is 2. The van der Waals surface area contributed by atoms with Crippen molar-refractivity contribution in [1.29, 1.82) is 0 Å². The Morgan fingerprint density at radius 3 is 2.82 bits per heavy atom. The minimum atomic E-state index is -3.76. The van der Waals surface area contributed by atoms with Gasteiger partial charge in [0.25, 0.3) is 5.91 Å². The first kappa shape index (κ1) is 21.3. The highest BCUT2D eigenvalue weighted by molar-refractivity contribution is 9.10. The van der Waals surface area contributed by atoms with Gasteiger partial charge >= 0.3 is 0 Å². The van der Waals surface area contributed by atoms with Crippen LogP contribution in [0.25, 0.3) is 0 Å². The zero-order valence-corrected chi connectivity index (χ0v) is 18.7.